The van der Waals surface area contributed by atoms with Gasteiger partial charge in [0.25, 0.3) is 10.1 Å². The number of rotatable bonds is 8. The van der Waals surface area contributed by atoms with E-state index in [2.05, 4.69) is 0 Å². The van der Waals surface area contributed by atoms with Gasteiger partial charge in [0, 0.05) is 5.92 Å². The second-order valence-corrected chi connectivity index (χ2v) is 7.65. The standard InChI is InChI=1S/C19H24O4S/c1-15-9-11-19(12-10-15)24(20,21)23-13-16(2)17(3)22-14-18-7-5-4-6-8-18/h4-12,16-17H,13-14H2,1-3H3/t16-,17-/m0/s1. The van der Waals surface area contributed by atoms with E-state index in [0.29, 0.717) is 6.61 Å². The molecule has 0 aliphatic heterocycles. The second kappa shape index (κ2) is 8.42. The smallest absolute Gasteiger partial charge is 0.296 e. The molecule has 2 aromatic rings. The Bertz CT molecular complexity index is 724. The van der Waals surface area contributed by atoms with Crippen LogP contribution in [0.15, 0.2) is 59.5 Å². The van der Waals surface area contributed by atoms with Gasteiger partial charge in [-0.2, -0.15) is 8.42 Å². The molecule has 0 radical (unpaired) electrons. The van der Waals surface area contributed by atoms with Crippen LogP contribution in [-0.2, 0) is 25.6 Å². The molecule has 2 aromatic carbocycles. The first-order valence-electron chi connectivity index (χ1n) is 8.00. The fourth-order valence-corrected chi connectivity index (χ4v) is 3.07. The number of hydrogen-bond acceptors (Lipinski definition) is 4. The molecule has 0 amide bonds. The lowest BCUT2D eigenvalue weighted by Crippen LogP contribution is -2.24. The Hall–Kier alpha value is -1.69. The van der Waals surface area contributed by atoms with Gasteiger partial charge in [-0.25, -0.2) is 0 Å². The molecule has 0 aliphatic carbocycles. The van der Waals surface area contributed by atoms with Crippen LogP contribution in [0.3, 0.4) is 0 Å². The highest BCUT2D eigenvalue weighted by Crippen LogP contribution is 2.17. The molecule has 0 spiro atoms. The van der Waals surface area contributed by atoms with Crippen LogP contribution >= 0.6 is 0 Å². The normalized spacial score (nSPS) is 14.3. The van der Waals surface area contributed by atoms with Crippen molar-refractivity contribution in [2.75, 3.05) is 6.61 Å². The summed E-state index contributed by atoms with van der Waals surface area (Å²) in [6, 6.07) is 16.5. The van der Waals surface area contributed by atoms with Crippen molar-refractivity contribution in [3.8, 4) is 0 Å². The van der Waals surface area contributed by atoms with E-state index in [4.69, 9.17) is 8.92 Å². The van der Waals surface area contributed by atoms with Gasteiger partial charge in [0.15, 0.2) is 0 Å². The number of aryl methyl sites for hydroxylation is 1. The Morgan fingerprint density at radius 1 is 0.958 bits per heavy atom. The topological polar surface area (TPSA) is 52.6 Å². The molecule has 0 fully saturated rings. The summed E-state index contributed by atoms with van der Waals surface area (Å²) in [5.41, 5.74) is 2.09. The van der Waals surface area contributed by atoms with Crippen molar-refractivity contribution >= 4 is 10.1 Å². The maximum Gasteiger partial charge on any atom is 0.296 e. The Labute approximate surface area is 144 Å². The van der Waals surface area contributed by atoms with Gasteiger partial charge in [0.05, 0.1) is 24.2 Å². The third-order valence-corrected chi connectivity index (χ3v) is 5.25. The van der Waals surface area contributed by atoms with Crippen LogP contribution in [-0.4, -0.2) is 21.1 Å². The van der Waals surface area contributed by atoms with Crippen LogP contribution < -0.4 is 0 Å². The van der Waals surface area contributed by atoms with Crippen molar-refractivity contribution in [3.63, 3.8) is 0 Å². The predicted octanol–water partition coefficient (Wildman–Crippen LogP) is 3.94. The second-order valence-electron chi connectivity index (χ2n) is 6.03. The van der Waals surface area contributed by atoms with Gasteiger partial charge in [0.1, 0.15) is 0 Å². The third kappa shape index (κ3) is 5.44. The third-order valence-electron chi connectivity index (χ3n) is 3.95. The zero-order valence-corrected chi connectivity index (χ0v) is 15.1. The maximum absolute atomic E-state index is 12.2. The van der Waals surface area contributed by atoms with Crippen LogP contribution in [0.2, 0.25) is 0 Å². The van der Waals surface area contributed by atoms with Gasteiger partial charge in [0.2, 0.25) is 0 Å². The number of benzene rings is 2. The molecule has 2 rings (SSSR count). The van der Waals surface area contributed by atoms with Crippen molar-refractivity contribution in [3.05, 3.63) is 65.7 Å². The Morgan fingerprint density at radius 2 is 1.58 bits per heavy atom. The van der Waals surface area contributed by atoms with Crippen LogP contribution in [0.5, 0.6) is 0 Å². The van der Waals surface area contributed by atoms with Crippen molar-refractivity contribution in [1.82, 2.24) is 0 Å². The van der Waals surface area contributed by atoms with E-state index in [1.165, 1.54) is 0 Å². The van der Waals surface area contributed by atoms with Crippen LogP contribution in [0, 0.1) is 12.8 Å². The molecule has 0 aliphatic rings. The van der Waals surface area contributed by atoms with E-state index in [1.54, 1.807) is 24.3 Å². The van der Waals surface area contributed by atoms with Gasteiger partial charge in [-0.1, -0.05) is 55.0 Å². The molecular formula is C19H24O4S. The van der Waals surface area contributed by atoms with E-state index in [0.717, 1.165) is 11.1 Å². The average Bonchev–Trinajstić information content (AvgIpc) is 2.59. The lowest BCUT2D eigenvalue weighted by molar-refractivity contribution is 0.00571. The first kappa shape index (κ1) is 18.6. The van der Waals surface area contributed by atoms with Gasteiger partial charge in [-0.15, -0.1) is 0 Å². The summed E-state index contributed by atoms with van der Waals surface area (Å²) in [5, 5.41) is 0. The highest BCUT2D eigenvalue weighted by atomic mass is 32.2. The lowest BCUT2D eigenvalue weighted by Gasteiger charge is -2.20. The van der Waals surface area contributed by atoms with E-state index < -0.39 is 10.1 Å². The first-order valence-corrected chi connectivity index (χ1v) is 9.41. The van der Waals surface area contributed by atoms with Crippen molar-refractivity contribution in [2.24, 2.45) is 5.92 Å². The molecule has 0 saturated carbocycles. The quantitative estimate of drug-likeness (QED) is 0.678. The van der Waals surface area contributed by atoms with Crippen LogP contribution in [0.1, 0.15) is 25.0 Å². The minimum atomic E-state index is -3.73. The molecule has 130 valence electrons. The van der Waals surface area contributed by atoms with Crippen LogP contribution in [0.25, 0.3) is 0 Å². The molecule has 4 nitrogen and oxygen atoms in total. The maximum atomic E-state index is 12.2. The summed E-state index contributed by atoms with van der Waals surface area (Å²) < 4.78 is 35.4. The summed E-state index contributed by atoms with van der Waals surface area (Å²) >= 11 is 0. The van der Waals surface area contributed by atoms with Gasteiger partial charge in [-0.05, 0) is 31.5 Å². The van der Waals surface area contributed by atoms with Gasteiger partial charge < -0.3 is 4.74 Å². The molecule has 0 unspecified atom stereocenters. The van der Waals surface area contributed by atoms with Crippen molar-refractivity contribution in [1.29, 1.82) is 0 Å². The summed E-state index contributed by atoms with van der Waals surface area (Å²) in [6.45, 7) is 6.34. The molecule has 24 heavy (non-hydrogen) atoms. The summed E-state index contributed by atoms with van der Waals surface area (Å²) in [5.74, 6) is -0.0473. The molecule has 0 bridgehead atoms. The number of ether oxygens (including phenoxy) is 1. The zero-order chi connectivity index (χ0) is 17.6. The predicted molar refractivity (Wildman–Crippen MR) is 94.2 cm³/mol. The first-order chi connectivity index (χ1) is 11.4. The van der Waals surface area contributed by atoms with E-state index >= 15 is 0 Å². The van der Waals surface area contributed by atoms with E-state index in [1.807, 2.05) is 51.1 Å². The fourth-order valence-electron chi connectivity index (χ4n) is 2.07. The summed E-state index contributed by atoms with van der Waals surface area (Å²) in [6.07, 6.45) is -0.113. The van der Waals surface area contributed by atoms with E-state index in [-0.39, 0.29) is 23.5 Å². The minimum absolute atomic E-state index is 0.0473. The largest absolute Gasteiger partial charge is 0.373 e. The van der Waals surface area contributed by atoms with Crippen LogP contribution in [0.4, 0.5) is 0 Å². The Kier molecular flexibility index (Phi) is 6.54. The average molecular weight is 348 g/mol. The summed E-state index contributed by atoms with van der Waals surface area (Å²) in [7, 11) is -3.73. The van der Waals surface area contributed by atoms with Gasteiger partial charge >= 0.3 is 0 Å². The van der Waals surface area contributed by atoms with Crippen molar-refractivity contribution in [2.45, 2.75) is 38.4 Å². The van der Waals surface area contributed by atoms with Crippen molar-refractivity contribution < 1.29 is 17.3 Å². The fraction of sp³-hybridized carbons (Fsp3) is 0.368. The molecule has 0 heterocycles. The molecule has 0 saturated heterocycles. The molecule has 2 atom stereocenters. The highest BCUT2D eigenvalue weighted by Gasteiger charge is 2.20. The number of hydrogen-bond donors (Lipinski definition) is 0. The SMILES string of the molecule is Cc1ccc(S(=O)(=O)OC[C@H](C)[C@H](C)OCc2ccccc2)cc1. The zero-order valence-electron chi connectivity index (χ0n) is 14.3. The molecule has 0 N–H and O–H groups in total. The summed E-state index contributed by atoms with van der Waals surface area (Å²) in [4.78, 5) is 0.179. The Balaban J connectivity index is 1.85. The van der Waals surface area contributed by atoms with Gasteiger partial charge in [-0.3, -0.25) is 4.18 Å². The Morgan fingerprint density at radius 3 is 2.21 bits per heavy atom. The monoisotopic (exact) mass is 348 g/mol. The molecule has 5 heteroatoms. The lowest BCUT2D eigenvalue weighted by atomic mass is 10.1. The molecule has 0 aromatic heterocycles. The molecular weight excluding hydrogens is 324 g/mol. The van der Waals surface area contributed by atoms with E-state index in [9.17, 15) is 8.42 Å². The highest BCUT2D eigenvalue weighted by molar-refractivity contribution is 7.86. The minimum Gasteiger partial charge on any atom is -0.373 e.